The van der Waals surface area contributed by atoms with E-state index in [1.807, 2.05) is 0 Å². The van der Waals surface area contributed by atoms with Crippen LogP contribution in [-0.4, -0.2) is 102 Å². The number of aromatic nitrogens is 2. The number of hydrogen-bond donors (Lipinski definition) is 7. The molecule has 20 nitrogen and oxygen atoms in total. The molecule has 6 amide bonds. The van der Waals surface area contributed by atoms with Gasteiger partial charge < -0.3 is 55.8 Å². The van der Waals surface area contributed by atoms with Gasteiger partial charge in [-0.05, 0) is 54.5 Å². The zero-order valence-electron chi connectivity index (χ0n) is 35.7. The van der Waals surface area contributed by atoms with Crippen molar-refractivity contribution in [2.45, 2.75) is 70.4 Å². The van der Waals surface area contributed by atoms with Gasteiger partial charge in [0.2, 0.25) is 29.5 Å². The van der Waals surface area contributed by atoms with Crippen LogP contribution in [0, 0.1) is 12.7 Å². The lowest BCUT2D eigenvalue weighted by atomic mass is 9.81. The number of alkyl carbamates (subject to hydrolysis) is 1. The average Bonchev–Trinajstić information content (AvgIpc) is 3.67. The predicted octanol–water partition coefficient (Wildman–Crippen LogP) is 0.0368. The molecule has 2 aromatic carbocycles. The van der Waals surface area contributed by atoms with Gasteiger partial charge in [-0.15, -0.1) is 0 Å². The van der Waals surface area contributed by atoms with E-state index in [4.69, 9.17) is 14.5 Å². The molecule has 2 aliphatic heterocycles. The van der Waals surface area contributed by atoms with E-state index in [1.54, 1.807) is 50.2 Å². The molecule has 2 aromatic heterocycles. The van der Waals surface area contributed by atoms with Crippen molar-refractivity contribution >= 4 is 52.5 Å². The van der Waals surface area contributed by atoms with Crippen LogP contribution in [0.2, 0.25) is 0 Å². The van der Waals surface area contributed by atoms with Gasteiger partial charge in [0.25, 0.3) is 5.56 Å². The van der Waals surface area contributed by atoms with Crippen molar-refractivity contribution in [1.82, 2.24) is 41.5 Å². The van der Waals surface area contributed by atoms with Crippen molar-refractivity contribution in [1.29, 1.82) is 0 Å². The third-order valence-electron chi connectivity index (χ3n) is 11.7. The maximum Gasteiger partial charge on any atom is 0.407 e. The van der Waals surface area contributed by atoms with Crippen LogP contribution in [0.1, 0.15) is 64.8 Å². The number of fused-ring (bicyclic) bond motifs is 5. The maximum absolute atomic E-state index is 15.3. The first-order chi connectivity index (χ1) is 31.1. The molecular weight excluding hydrogens is 852 g/mol. The van der Waals surface area contributed by atoms with Gasteiger partial charge in [-0.25, -0.2) is 19.0 Å². The summed E-state index contributed by atoms with van der Waals surface area (Å²) in [5, 5.41) is 26.9. The number of halogens is 1. The number of nitrogens with one attached hydrogen (secondary N) is 6. The first-order valence-electron chi connectivity index (χ1n) is 20.8. The van der Waals surface area contributed by atoms with Gasteiger partial charge >= 0.3 is 12.1 Å². The molecule has 0 saturated carbocycles. The predicted molar refractivity (Wildman–Crippen MR) is 226 cm³/mol. The Kier molecular flexibility index (Phi) is 13.5. The fraction of sp³-hybridized carbons (Fsp3) is 0.386. The highest BCUT2D eigenvalue weighted by Crippen LogP contribution is 2.46. The second kappa shape index (κ2) is 19.2. The van der Waals surface area contributed by atoms with E-state index in [-0.39, 0.29) is 37.1 Å². The van der Waals surface area contributed by atoms with Crippen LogP contribution in [-0.2, 0) is 74.6 Å². The second-order valence-corrected chi connectivity index (χ2v) is 15.7. The Hall–Kier alpha value is -7.26. The van der Waals surface area contributed by atoms with E-state index in [1.165, 1.54) is 10.6 Å². The van der Waals surface area contributed by atoms with Crippen LogP contribution in [0.4, 0.5) is 9.18 Å². The Labute approximate surface area is 370 Å². The number of nitrogens with zero attached hydrogens (tertiary/aromatic N) is 2. The Bertz CT molecular complexity index is 2670. The normalized spacial score (nSPS) is 17.1. The number of aliphatic hydroxyl groups is 1. The molecule has 0 saturated heterocycles. The molecule has 3 aliphatic rings. The third-order valence-corrected chi connectivity index (χ3v) is 11.7. The number of esters is 1. The molecule has 0 bridgehead atoms. The Balaban J connectivity index is 0.968. The molecule has 3 atom stereocenters. The van der Waals surface area contributed by atoms with Crippen LogP contribution in [0.15, 0.2) is 47.3 Å². The summed E-state index contributed by atoms with van der Waals surface area (Å²) in [5.74, 6) is -4.61. The molecule has 7 N–H and O–H groups in total. The SMILES string of the molecule is CC[C@@]1(O)C(=O)OCc2c1cc1n(c2=O)Cc2c-1nc1cc(F)c(C)c3c1c2[C@@H](NC(=O)COCNC(=O)CNC(=O)[C@H](Cc1ccccc1)NC(=O)CNC(=O)CNC(=O)OC)CC3. The average molecular weight is 899 g/mol. The van der Waals surface area contributed by atoms with Gasteiger partial charge in [-0.2, -0.15) is 0 Å². The molecule has 0 radical (unpaired) electrons. The molecule has 65 heavy (non-hydrogen) atoms. The number of cyclic esters (lactones) is 1. The minimum Gasteiger partial charge on any atom is -0.458 e. The van der Waals surface area contributed by atoms with Crippen LogP contribution in [0.5, 0.6) is 0 Å². The minimum absolute atomic E-state index is 0.0433. The quantitative estimate of drug-likeness (QED) is 0.0392. The number of aryl methyl sites for hydroxylation is 1. The minimum atomic E-state index is -2.04. The fourth-order valence-electron chi connectivity index (χ4n) is 8.33. The summed E-state index contributed by atoms with van der Waals surface area (Å²) in [4.78, 5) is 107. The molecule has 4 aromatic rings. The number of hydrogen-bond acceptors (Lipinski definition) is 13. The van der Waals surface area contributed by atoms with Gasteiger partial charge in [-0.1, -0.05) is 37.3 Å². The molecule has 0 spiro atoms. The first kappa shape index (κ1) is 45.8. The van der Waals surface area contributed by atoms with Crippen LogP contribution in [0.3, 0.4) is 0 Å². The summed E-state index contributed by atoms with van der Waals surface area (Å²) in [6, 6.07) is 9.89. The van der Waals surface area contributed by atoms with E-state index in [9.17, 15) is 43.5 Å². The number of rotatable bonds is 16. The Morgan fingerprint density at radius 3 is 2.42 bits per heavy atom. The van der Waals surface area contributed by atoms with Crippen LogP contribution < -0.4 is 37.5 Å². The molecule has 342 valence electrons. The number of ether oxygens (including phenoxy) is 3. The molecule has 21 heteroatoms. The summed E-state index contributed by atoms with van der Waals surface area (Å²) < 4.78 is 31.8. The van der Waals surface area contributed by atoms with Gasteiger partial charge in [0, 0.05) is 29.0 Å². The number of amides is 6. The van der Waals surface area contributed by atoms with Crippen molar-refractivity contribution in [3.8, 4) is 11.4 Å². The van der Waals surface area contributed by atoms with Gasteiger partial charge in [-0.3, -0.25) is 28.8 Å². The monoisotopic (exact) mass is 898 g/mol. The molecule has 1 aliphatic carbocycles. The second-order valence-electron chi connectivity index (χ2n) is 15.7. The smallest absolute Gasteiger partial charge is 0.407 e. The summed E-state index contributed by atoms with van der Waals surface area (Å²) in [6.07, 6.45) is -0.0337. The lowest BCUT2D eigenvalue weighted by Crippen LogP contribution is -2.52. The van der Waals surface area contributed by atoms with Crippen molar-refractivity contribution < 1.29 is 57.3 Å². The zero-order chi connectivity index (χ0) is 46.6. The Morgan fingerprint density at radius 1 is 0.954 bits per heavy atom. The largest absolute Gasteiger partial charge is 0.458 e. The highest BCUT2D eigenvalue weighted by atomic mass is 19.1. The molecular formula is C44H47FN8O12. The Morgan fingerprint density at radius 2 is 1.68 bits per heavy atom. The summed E-state index contributed by atoms with van der Waals surface area (Å²) in [5.41, 5.74) is 1.93. The van der Waals surface area contributed by atoms with Crippen molar-refractivity contribution in [2.75, 3.05) is 40.1 Å². The summed E-state index contributed by atoms with van der Waals surface area (Å²) >= 11 is 0. The van der Waals surface area contributed by atoms with E-state index in [0.717, 1.165) is 12.7 Å². The van der Waals surface area contributed by atoms with E-state index >= 15 is 4.39 Å². The topological polar surface area (TPSA) is 274 Å². The lowest BCUT2D eigenvalue weighted by Gasteiger charge is -2.31. The van der Waals surface area contributed by atoms with Crippen molar-refractivity contribution in [3.63, 3.8) is 0 Å². The van der Waals surface area contributed by atoms with E-state index in [2.05, 4.69) is 36.6 Å². The standard InChI is InChI=1S/C44H47FN8O12/c1-4-44(62)27-13-32-39-25(18-53(32)41(59)26(27)19-65-42(44)60)38-29(11-10-24-22(2)28(45)14-30(52-39)37(24)38)50-36(57)20-64-21-49-34(55)15-47-40(58)31(12-23-8-6-5-7-9-23)51-35(56)17-46-33(54)16-48-43(61)63-3/h5-9,13-14,29,31,62H,4,10-12,15-21H2,1-3H3,(H,46,54)(H,47,58)(H,48,61)(H,49,55)(H,50,57)(H,51,56)/t29-,31-,44-/m0/s1. The van der Waals surface area contributed by atoms with E-state index < -0.39 is 104 Å². The molecule has 0 unspecified atom stereocenters. The van der Waals surface area contributed by atoms with Crippen molar-refractivity contribution in [2.24, 2.45) is 0 Å². The van der Waals surface area contributed by atoms with Crippen LogP contribution >= 0.6 is 0 Å². The van der Waals surface area contributed by atoms with Crippen molar-refractivity contribution in [3.05, 3.63) is 97.6 Å². The number of pyridine rings is 2. The molecule has 4 heterocycles. The number of benzene rings is 2. The van der Waals surface area contributed by atoms with Crippen LogP contribution in [0.25, 0.3) is 22.3 Å². The number of methoxy groups -OCH3 is 1. The maximum atomic E-state index is 15.3. The number of carbonyl (C=O) groups is 7. The van der Waals surface area contributed by atoms with E-state index in [0.29, 0.717) is 57.4 Å². The van der Waals surface area contributed by atoms with Gasteiger partial charge in [0.05, 0.1) is 55.3 Å². The van der Waals surface area contributed by atoms with Gasteiger partial charge in [0.15, 0.2) is 5.60 Å². The fourth-order valence-corrected chi connectivity index (χ4v) is 8.33. The first-order valence-corrected chi connectivity index (χ1v) is 20.8. The molecule has 0 fully saturated rings. The van der Waals surface area contributed by atoms with Gasteiger partial charge in [0.1, 0.15) is 38.3 Å². The third kappa shape index (κ3) is 9.51. The highest BCUT2D eigenvalue weighted by molar-refractivity contribution is 5.95. The number of carbonyl (C=O) groups excluding carboxylic acids is 7. The zero-order valence-corrected chi connectivity index (χ0v) is 35.7. The summed E-state index contributed by atoms with van der Waals surface area (Å²) in [7, 11) is 1.13. The molecule has 7 rings (SSSR count). The lowest BCUT2D eigenvalue weighted by molar-refractivity contribution is -0.172. The summed E-state index contributed by atoms with van der Waals surface area (Å²) in [6.45, 7) is 0.684. The highest BCUT2D eigenvalue weighted by Gasteiger charge is 2.46.